The summed E-state index contributed by atoms with van der Waals surface area (Å²) in [5.74, 6) is -1.95. The van der Waals surface area contributed by atoms with E-state index in [1.165, 1.54) is 30.0 Å². The van der Waals surface area contributed by atoms with Gasteiger partial charge >= 0.3 is 0 Å². The summed E-state index contributed by atoms with van der Waals surface area (Å²) in [5.41, 5.74) is 5.26. The van der Waals surface area contributed by atoms with Crippen molar-refractivity contribution in [2.45, 2.75) is 13.0 Å². The molecule has 0 fully saturated rings. The first-order valence-electron chi connectivity index (χ1n) is 6.58. The van der Waals surface area contributed by atoms with Crippen LogP contribution in [0.5, 0.6) is 0 Å². The minimum atomic E-state index is -1.00. The maximum atomic E-state index is 12.1. The van der Waals surface area contributed by atoms with Crippen molar-refractivity contribution in [3.05, 3.63) is 51.3 Å². The van der Waals surface area contributed by atoms with Gasteiger partial charge in [0.1, 0.15) is 0 Å². The van der Waals surface area contributed by atoms with Crippen LogP contribution < -0.4 is 5.73 Å². The van der Waals surface area contributed by atoms with Crippen LogP contribution in [0.1, 0.15) is 18.5 Å². The lowest BCUT2D eigenvalue weighted by Crippen LogP contribution is -2.35. The van der Waals surface area contributed by atoms with Crippen LogP contribution in [0.3, 0.4) is 0 Å². The van der Waals surface area contributed by atoms with Gasteiger partial charge in [-0.05, 0) is 13.0 Å². The van der Waals surface area contributed by atoms with E-state index in [9.17, 15) is 24.8 Å². The number of ketones is 1. The van der Waals surface area contributed by atoms with E-state index >= 15 is 0 Å². The Kier molecular flexibility index (Phi) is 4.22. The molecule has 0 saturated carbocycles. The highest BCUT2D eigenvalue weighted by Gasteiger charge is 2.44. The smallest absolute Gasteiger partial charge is 0.290 e. The van der Waals surface area contributed by atoms with Crippen LogP contribution >= 0.6 is 0 Å². The number of carbonyl (C=O) groups is 2. The summed E-state index contributed by atoms with van der Waals surface area (Å²) in [7, 11) is 0. The molecule has 116 valence electrons. The number of hydrogen-bond acceptors (Lipinski definition) is 6. The Bertz CT molecular complexity index is 683. The molecule has 1 heterocycles. The number of nitro groups is 1. The van der Waals surface area contributed by atoms with Crippen molar-refractivity contribution in [2.75, 3.05) is 13.1 Å². The summed E-state index contributed by atoms with van der Waals surface area (Å²) in [6.07, 6.45) is 0. The van der Waals surface area contributed by atoms with Crippen LogP contribution in [0.15, 0.2) is 35.6 Å². The Morgan fingerprint density at radius 3 is 2.64 bits per heavy atom. The average molecular weight is 305 g/mol. The summed E-state index contributed by atoms with van der Waals surface area (Å²) < 4.78 is 0. The fourth-order valence-corrected chi connectivity index (χ4v) is 2.59. The molecule has 8 heteroatoms. The third kappa shape index (κ3) is 2.44. The summed E-state index contributed by atoms with van der Waals surface area (Å²) >= 11 is 0. The predicted molar refractivity (Wildman–Crippen MR) is 76.9 cm³/mol. The fourth-order valence-electron chi connectivity index (χ4n) is 2.59. The van der Waals surface area contributed by atoms with Gasteiger partial charge in [0.15, 0.2) is 11.5 Å². The second-order valence-corrected chi connectivity index (χ2v) is 4.82. The van der Waals surface area contributed by atoms with Gasteiger partial charge in [-0.1, -0.05) is 12.1 Å². The molecule has 0 bridgehead atoms. The summed E-state index contributed by atoms with van der Waals surface area (Å²) in [4.78, 5) is 35.7. The molecule has 0 aromatic heterocycles. The number of rotatable bonds is 5. The summed E-state index contributed by atoms with van der Waals surface area (Å²) in [5, 5.41) is 21.1. The van der Waals surface area contributed by atoms with Crippen LogP contribution in [0, 0.1) is 10.1 Å². The fraction of sp³-hybridized carbons (Fsp3) is 0.286. The number of amides is 1. The van der Waals surface area contributed by atoms with Crippen molar-refractivity contribution in [3.8, 4) is 0 Å². The maximum absolute atomic E-state index is 12.1. The molecule has 1 unspecified atom stereocenters. The Morgan fingerprint density at radius 1 is 1.45 bits per heavy atom. The molecule has 0 aliphatic carbocycles. The Morgan fingerprint density at radius 2 is 2.09 bits per heavy atom. The minimum Gasteiger partial charge on any atom is -0.503 e. The van der Waals surface area contributed by atoms with Crippen LogP contribution in [-0.4, -0.2) is 39.7 Å². The molecule has 8 nitrogen and oxygen atoms in total. The standard InChI is InChI=1S/C14H15N3O5/c1-8(18)11-12(16(7-6-15)14(20)13(11)19)9-4-2-3-5-10(9)17(21)22/h2-5,12,19H,6-7,15H2,1H3. The lowest BCUT2D eigenvalue weighted by atomic mass is 9.95. The van der Waals surface area contributed by atoms with Crippen molar-refractivity contribution in [1.82, 2.24) is 4.90 Å². The molecule has 1 atom stereocenters. The first-order valence-corrected chi connectivity index (χ1v) is 6.58. The van der Waals surface area contributed by atoms with Crippen LogP contribution in [0.4, 0.5) is 5.69 Å². The molecule has 0 saturated heterocycles. The second kappa shape index (κ2) is 5.94. The SMILES string of the molecule is CC(=O)C1=C(O)C(=O)N(CCN)C1c1ccccc1[N+](=O)[O-]. The zero-order valence-corrected chi connectivity index (χ0v) is 11.9. The van der Waals surface area contributed by atoms with Gasteiger partial charge in [0.25, 0.3) is 11.6 Å². The number of aliphatic hydroxyl groups is 1. The van der Waals surface area contributed by atoms with Crippen molar-refractivity contribution in [1.29, 1.82) is 0 Å². The lowest BCUT2D eigenvalue weighted by Gasteiger charge is -2.25. The van der Waals surface area contributed by atoms with E-state index < -0.39 is 28.4 Å². The van der Waals surface area contributed by atoms with Crippen molar-refractivity contribution >= 4 is 17.4 Å². The number of aliphatic hydroxyl groups excluding tert-OH is 1. The van der Waals surface area contributed by atoms with E-state index in [2.05, 4.69) is 0 Å². The van der Waals surface area contributed by atoms with E-state index in [1.54, 1.807) is 6.07 Å². The van der Waals surface area contributed by atoms with E-state index in [0.29, 0.717) is 0 Å². The highest BCUT2D eigenvalue weighted by Crippen LogP contribution is 2.40. The van der Waals surface area contributed by atoms with Gasteiger partial charge in [-0.2, -0.15) is 0 Å². The molecule has 2 rings (SSSR count). The van der Waals surface area contributed by atoms with Gasteiger partial charge < -0.3 is 15.7 Å². The predicted octanol–water partition coefficient (Wildman–Crippen LogP) is 0.838. The molecule has 0 spiro atoms. The van der Waals surface area contributed by atoms with E-state index in [-0.39, 0.29) is 29.9 Å². The number of carbonyl (C=O) groups excluding carboxylic acids is 2. The molecule has 1 aromatic rings. The Balaban J connectivity index is 2.65. The molecule has 22 heavy (non-hydrogen) atoms. The third-order valence-electron chi connectivity index (χ3n) is 3.48. The first-order chi connectivity index (χ1) is 10.4. The van der Waals surface area contributed by atoms with Crippen LogP contribution in [0.25, 0.3) is 0 Å². The summed E-state index contributed by atoms with van der Waals surface area (Å²) in [6.45, 7) is 1.37. The first kappa shape index (κ1) is 15.6. The number of nitrogens with two attached hydrogens (primary N) is 1. The van der Waals surface area contributed by atoms with Gasteiger partial charge in [0, 0.05) is 19.2 Å². The number of benzene rings is 1. The lowest BCUT2D eigenvalue weighted by molar-refractivity contribution is -0.385. The monoisotopic (exact) mass is 305 g/mol. The number of hydrogen-bond donors (Lipinski definition) is 2. The molecule has 1 aliphatic rings. The van der Waals surface area contributed by atoms with Crippen molar-refractivity contribution in [2.24, 2.45) is 5.73 Å². The zero-order valence-electron chi connectivity index (χ0n) is 11.9. The van der Waals surface area contributed by atoms with Gasteiger partial charge in [-0.3, -0.25) is 19.7 Å². The van der Waals surface area contributed by atoms with Gasteiger partial charge in [-0.15, -0.1) is 0 Å². The minimum absolute atomic E-state index is 0.0659. The zero-order chi connectivity index (χ0) is 16.4. The van der Waals surface area contributed by atoms with Gasteiger partial charge in [0.05, 0.1) is 22.1 Å². The molecular formula is C14H15N3O5. The Hall–Kier alpha value is -2.74. The van der Waals surface area contributed by atoms with Crippen LogP contribution in [0.2, 0.25) is 0 Å². The molecule has 3 N–H and O–H groups in total. The molecular weight excluding hydrogens is 290 g/mol. The third-order valence-corrected chi connectivity index (χ3v) is 3.48. The quantitative estimate of drug-likeness (QED) is 0.613. The van der Waals surface area contributed by atoms with Gasteiger partial charge in [0.2, 0.25) is 0 Å². The van der Waals surface area contributed by atoms with E-state index in [0.717, 1.165) is 0 Å². The largest absolute Gasteiger partial charge is 0.503 e. The molecule has 1 aliphatic heterocycles. The van der Waals surface area contributed by atoms with Crippen molar-refractivity contribution < 1.29 is 19.6 Å². The average Bonchev–Trinajstić information content (AvgIpc) is 2.72. The number of nitro benzene ring substituents is 1. The summed E-state index contributed by atoms with van der Waals surface area (Å²) in [6, 6.07) is 4.80. The molecule has 1 amide bonds. The number of nitrogens with zero attached hydrogens (tertiary/aromatic N) is 2. The van der Waals surface area contributed by atoms with Crippen LogP contribution in [-0.2, 0) is 9.59 Å². The molecule has 1 aromatic carbocycles. The van der Waals surface area contributed by atoms with Gasteiger partial charge in [-0.25, -0.2) is 0 Å². The van der Waals surface area contributed by atoms with Crippen molar-refractivity contribution in [3.63, 3.8) is 0 Å². The Labute approximate surface area is 126 Å². The number of Topliss-reactive ketones (excluding diaryl/α,β-unsaturated/α-hetero) is 1. The topological polar surface area (TPSA) is 127 Å². The maximum Gasteiger partial charge on any atom is 0.290 e. The molecule has 0 radical (unpaired) electrons. The highest BCUT2D eigenvalue weighted by atomic mass is 16.6. The van der Waals surface area contributed by atoms with E-state index in [4.69, 9.17) is 5.73 Å². The normalized spacial score (nSPS) is 18.0. The number of para-hydroxylation sites is 1. The highest BCUT2D eigenvalue weighted by molar-refractivity contribution is 6.08. The van der Waals surface area contributed by atoms with E-state index in [1.807, 2.05) is 0 Å². The second-order valence-electron chi connectivity index (χ2n) is 4.82.